The van der Waals surface area contributed by atoms with E-state index in [0.717, 1.165) is 5.69 Å². The summed E-state index contributed by atoms with van der Waals surface area (Å²) in [5.74, 6) is 0.940. The maximum absolute atomic E-state index is 11.5. The summed E-state index contributed by atoms with van der Waals surface area (Å²) in [5.41, 5.74) is 2.15. The van der Waals surface area contributed by atoms with Crippen molar-refractivity contribution in [1.82, 2.24) is 10.2 Å². The van der Waals surface area contributed by atoms with Crippen LogP contribution in [0.1, 0.15) is 19.4 Å². The van der Waals surface area contributed by atoms with Crippen molar-refractivity contribution in [2.24, 2.45) is 5.92 Å². The van der Waals surface area contributed by atoms with E-state index in [9.17, 15) is 4.79 Å². The number of carbonyl (C=O) groups excluding carboxylic acids is 1. The highest BCUT2D eigenvalue weighted by molar-refractivity contribution is 5.91. The monoisotopic (exact) mass is 270 g/mol. The summed E-state index contributed by atoms with van der Waals surface area (Å²) in [5, 5.41) is 13.9. The van der Waals surface area contributed by atoms with Crippen molar-refractivity contribution < 1.29 is 4.79 Å². The Morgan fingerprint density at radius 1 is 1.00 bits per heavy atom. The third-order valence-electron chi connectivity index (χ3n) is 2.76. The van der Waals surface area contributed by atoms with E-state index in [2.05, 4.69) is 20.8 Å². The molecule has 2 rings (SSSR count). The maximum atomic E-state index is 11.5. The molecule has 2 N–H and O–H groups in total. The van der Waals surface area contributed by atoms with E-state index in [0.29, 0.717) is 11.6 Å². The summed E-state index contributed by atoms with van der Waals surface area (Å²) in [6, 6.07) is 11.5. The van der Waals surface area contributed by atoms with E-state index in [-0.39, 0.29) is 11.8 Å². The number of aryl methyl sites for hydroxylation is 1. The molecule has 0 saturated carbocycles. The number of hydrogen-bond acceptors (Lipinski definition) is 4. The zero-order chi connectivity index (χ0) is 14.5. The lowest BCUT2D eigenvalue weighted by atomic mass is 10.2. The van der Waals surface area contributed by atoms with Crippen molar-refractivity contribution in [2.75, 3.05) is 10.6 Å². The molecule has 5 nitrogen and oxygen atoms in total. The number of benzene rings is 1. The van der Waals surface area contributed by atoms with Crippen molar-refractivity contribution >= 4 is 23.2 Å². The summed E-state index contributed by atoms with van der Waals surface area (Å²) in [7, 11) is 0. The Kier molecular flexibility index (Phi) is 4.30. The molecule has 0 atom stereocenters. The SMILES string of the molecule is Cc1ccc(Nc2ccc(NC(=O)C(C)C)nn2)cc1. The van der Waals surface area contributed by atoms with Crippen LogP contribution >= 0.6 is 0 Å². The van der Waals surface area contributed by atoms with Crippen molar-refractivity contribution in [3.63, 3.8) is 0 Å². The first-order valence-corrected chi connectivity index (χ1v) is 6.53. The largest absolute Gasteiger partial charge is 0.339 e. The van der Waals surface area contributed by atoms with Gasteiger partial charge in [-0.2, -0.15) is 0 Å². The van der Waals surface area contributed by atoms with Crippen molar-refractivity contribution in [1.29, 1.82) is 0 Å². The smallest absolute Gasteiger partial charge is 0.228 e. The number of hydrogen-bond donors (Lipinski definition) is 2. The number of nitrogens with zero attached hydrogens (tertiary/aromatic N) is 2. The van der Waals surface area contributed by atoms with Gasteiger partial charge in [-0.15, -0.1) is 10.2 Å². The van der Waals surface area contributed by atoms with Gasteiger partial charge in [0.25, 0.3) is 0 Å². The Labute approximate surface area is 118 Å². The van der Waals surface area contributed by atoms with E-state index in [4.69, 9.17) is 0 Å². The Balaban J connectivity index is 2.01. The highest BCUT2D eigenvalue weighted by Gasteiger charge is 2.08. The van der Waals surface area contributed by atoms with Crippen LogP contribution in [0.4, 0.5) is 17.3 Å². The van der Waals surface area contributed by atoms with Gasteiger partial charge in [0.2, 0.25) is 5.91 Å². The highest BCUT2D eigenvalue weighted by Crippen LogP contribution is 2.15. The molecule has 104 valence electrons. The molecule has 0 bridgehead atoms. The molecule has 2 aromatic rings. The molecular formula is C15H18N4O. The summed E-state index contributed by atoms with van der Waals surface area (Å²) in [6.45, 7) is 5.70. The summed E-state index contributed by atoms with van der Waals surface area (Å²) in [6.07, 6.45) is 0. The van der Waals surface area contributed by atoms with Crippen LogP contribution < -0.4 is 10.6 Å². The molecule has 0 unspecified atom stereocenters. The van der Waals surface area contributed by atoms with Gasteiger partial charge in [-0.25, -0.2) is 0 Å². The van der Waals surface area contributed by atoms with Crippen LogP contribution in [0.15, 0.2) is 36.4 Å². The second-order valence-electron chi connectivity index (χ2n) is 4.94. The van der Waals surface area contributed by atoms with Crippen LogP contribution in [0, 0.1) is 12.8 Å². The fraction of sp³-hybridized carbons (Fsp3) is 0.267. The first kappa shape index (κ1) is 14.0. The molecule has 0 aliphatic heterocycles. The molecule has 0 aliphatic rings. The quantitative estimate of drug-likeness (QED) is 0.895. The number of carbonyl (C=O) groups is 1. The van der Waals surface area contributed by atoms with Crippen molar-refractivity contribution in [2.45, 2.75) is 20.8 Å². The number of amides is 1. The number of aromatic nitrogens is 2. The van der Waals surface area contributed by atoms with Crippen LogP contribution in [-0.4, -0.2) is 16.1 Å². The predicted molar refractivity (Wildman–Crippen MR) is 80.0 cm³/mol. The molecule has 0 spiro atoms. The molecule has 0 fully saturated rings. The molecule has 1 aromatic carbocycles. The molecule has 20 heavy (non-hydrogen) atoms. The Hall–Kier alpha value is -2.43. The lowest BCUT2D eigenvalue weighted by Gasteiger charge is -2.08. The normalized spacial score (nSPS) is 10.4. The summed E-state index contributed by atoms with van der Waals surface area (Å²) < 4.78 is 0. The summed E-state index contributed by atoms with van der Waals surface area (Å²) in [4.78, 5) is 11.5. The molecule has 1 amide bonds. The van der Waals surface area contributed by atoms with Gasteiger partial charge in [0, 0.05) is 11.6 Å². The molecule has 1 aromatic heterocycles. The molecule has 0 radical (unpaired) electrons. The fourth-order valence-corrected chi connectivity index (χ4v) is 1.52. The molecule has 0 aliphatic carbocycles. The first-order valence-electron chi connectivity index (χ1n) is 6.53. The number of nitrogens with one attached hydrogen (secondary N) is 2. The molecule has 1 heterocycles. The van der Waals surface area contributed by atoms with Crippen LogP contribution in [0.5, 0.6) is 0 Å². The first-order chi connectivity index (χ1) is 9.54. The van der Waals surface area contributed by atoms with Crippen molar-refractivity contribution in [3.05, 3.63) is 42.0 Å². The fourth-order valence-electron chi connectivity index (χ4n) is 1.52. The van der Waals surface area contributed by atoms with Crippen LogP contribution in [0.25, 0.3) is 0 Å². The Morgan fingerprint density at radius 2 is 1.60 bits per heavy atom. The molecule has 5 heteroatoms. The van der Waals surface area contributed by atoms with E-state index in [1.165, 1.54) is 5.56 Å². The standard InChI is InChI=1S/C15H18N4O/c1-10(2)15(20)17-14-9-8-13(18-19-14)16-12-6-4-11(3)5-7-12/h4-10H,1-3H3,(H,16,18)(H,17,19,20). The lowest BCUT2D eigenvalue weighted by molar-refractivity contribution is -0.118. The zero-order valence-electron chi connectivity index (χ0n) is 11.8. The topological polar surface area (TPSA) is 66.9 Å². The van der Waals surface area contributed by atoms with Gasteiger partial charge < -0.3 is 10.6 Å². The lowest BCUT2D eigenvalue weighted by Crippen LogP contribution is -2.18. The second-order valence-corrected chi connectivity index (χ2v) is 4.94. The van der Waals surface area contributed by atoms with Gasteiger partial charge in [-0.3, -0.25) is 4.79 Å². The maximum Gasteiger partial charge on any atom is 0.228 e. The van der Waals surface area contributed by atoms with Gasteiger partial charge in [0.1, 0.15) is 0 Å². The minimum absolute atomic E-state index is 0.0708. The van der Waals surface area contributed by atoms with E-state index in [1.807, 2.05) is 45.0 Å². The number of anilines is 3. The second kappa shape index (κ2) is 6.14. The van der Waals surface area contributed by atoms with Gasteiger partial charge in [0.15, 0.2) is 11.6 Å². The highest BCUT2D eigenvalue weighted by atomic mass is 16.1. The van der Waals surface area contributed by atoms with Gasteiger partial charge in [-0.1, -0.05) is 31.5 Å². The Bertz CT molecular complexity index is 576. The van der Waals surface area contributed by atoms with Gasteiger partial charge in [0.05, 0.1) is 0 Å². The minimum Gasteiger partial charge on any atom is -0.339 e. The van der Waals surface area contributed by atoms with Crippen LogP contribution in [0.2, 0.25) is 0 Å². The summed E-state index contributed by atoms with van der Waals surface area (Å²) >= 11 is 0. The van der Waals surface area contributed by atoms with E-state index in [1.54, 1.807) is 12.1 Å². The van der Waals surface area contributed by atoms with Crippen molar-refractivity contribution in [3.8, 4) is 0 Å². The predicted octanol–water partition coefficient (Wildman–Crippen LogP) is 3.12. The van der Waals surface area contributed by atoms with E-state index < -0.39 is 0 Å². The minimum atomic E-state index is -0.0813. The zero-order valence-corrected chi connectivity index (χ0v) is 11.8. The van der Waals surface area contributed by atoms with Gasteiger partial charge >= 0.3 is 0 Å². The third-order valence-corrected chi connectivity index (χ3v) is 2.76. The van der Waals surface area contributed by atoms with Crippen LogP contribution in [0.3, 0.4) is 0 Å². The van der Waals surface area contributed by atoms with Crippen LogP contribution in [-0.2, 0) is 4.79 Å². The Morgan fingerprint density at radius 3 is 2.15 bits per heavy atom. The number of rotatable bonds is 4. The average molecular weight is 270 g/mol. The molecule has 0 saturated heterocycles. The molecular weight excluding hydrogens is 252 g/mol. The average Bonchev–Trinajstić information content (AvgIpc) is 2.43. The third kappa shape index (κ3) is 3.78. The van der Waals surface area contributed by atoms with Gasteiger partial charge in [-0.05, 0) is 31.2 Å². The van der Waals surface area contributed by atoms with E-state index >= 15 is 0 Å².